The summed E-state index contributed by atoms with van der Waals surface area (Å²) in [5, 5.41) is 0. The molecular weight excluding hydrogens is 226 g/mol. The van der Waals surface area contributed by atoms with Crippen molar-refractivity contribution in [3.63, 3.8) is 0 Å². The Balaban J connectivity index is 2.62. The van der Waals surface area contributed by atoms with Crippen LogP contribution in [0.25, 0.3) is 0 Å². The molecule has 0 aromatic heterocycles. The van der Waals surface area contributed by atoms with Crippen molar-refractivity contribution in [1.82, 2.24) is 4.90 Å². The third-order valence-corrected chi connectivity index (χ3v) is 3.77. The predicted molar refractivity (Wildman–Crippen MR) is 63.9 cm³/mol. The zero-order valence-electron chi connectivity index (χ0n) is 10.3. The standard InChI is InChI=1S/C11H21NO3S/c1-9(2)7-11(13)12-6-4-5-10(12)8-16(3,14)15/h9-10H,4-8H2,1-3H3. The van der Waals surface area contributed by atoms with E-state index in [0.29, 0.717) is 18.9 Å². The van der Waals surface area contributed by atoms with E-state index in [2.05, 4.69) is 0 Å². The first-order chi connectivity index (χ1) is 7.29. The van der Waals surface area contributed by atoms with Gasteiger partial charge in [-0.1, -0.05) is 13.8 Å². The van der Waals surface area contributed by atoms with Gasteiger partial charge in [0.1, 0.15) is 9.84 Å². The van der Waals surface area contributed by atoms with Crippen molar-refractivity contribution < 1.29 is 13.2 Å². The molecule has 0 radical (unpaired) electrons. The minimum Gasteiger partial charge on any atom is -0.339 e. The highest BCUT2D eigenvalue weighted by molar-refractivity contribution is 7.90. The smallest absolute Gasteiger partial charge is 0.223 e. The zero-order chi connectivity index (χ0) is 12.3. The Labute approximate surface area is 97.9 Å². The summed E-state index contributed by atoms with van der Waals surface area (Å²) in [5.74, 6) is 0.532. The monoisotopic (exact) mass is 247 g/mol. The number of nitrogens with zero attached hydrogens (tertiary/aromatic N) is 1. The molecule has 0 aromatic rings. The largest absolute Gasteiger partial charge is 0.339 e. The molecule has 94 valence electrons. The van der Waals surface area contributed by atoms with Gasteiger partial charge in [-0.25, -0.2) is 8.42 Å². The molecule has 0 saturated carbocycles. The summed E-state index contributed by atoms with van der Waals surface area (Å²) in [5.41, 5.74) is 0. The van der Waals surface area contributed by atoms with E-state index in [0.717, 1.165) is 12.8 Å². The van der Waals surface area contributed by atoms with Gasteiger partial charge >= 0.3 is 0 Å². The van der Waals surface area contributed by atoms with Crippen molar-refractivity contribution in [3.05, 3.63) is 0 Å². The van der Waals surface area contributed by atoms with Gasteiger partial charge in [-0.05, 0) is 18.8 Å². The Kier molecular flexibility index (Phi) is 4.35. The van der Waals surface area contributed by atoms with Crippen LogP contribution in [-0.2, 0) is 14.6 Å². The molecular formula is C11H21NO3S. The quantitative estimate of drug-likeness (QED) is 0.746. The van der Waals surface area contributed by atoms with Crippen molar-refractivity contribution in [2.45, 2.75) is 39.2 Å². The minimum absolute atomic E-state index is 0.0961. The third-order valence-electron chi connectivity index (χ3n) is 2.78. The summed E-state index contributed by atoms with van der Waals surface area (Å²) in [7, 11) is -3.00. The Morgan fingerprint density at radius 2 is 2.06 bits per heavy atom. The molecule has 1 atom stereocenters. The lowest BCUT2D eigenvalue weighted by molar-refractivity contribution is -0.132. The maximum absolute atomic E-state index is 11.9. The van der Waals surface area contributed by atoms with Crippen LogP contribution < -0.4 is 0 Å². The highest BCUT2D eigenvalue weighted by Gasteiger charge is 2.30. The van der Waals surface area contributed by atoms with Crippen molar-refractivity contribution in [1.29, 1.82) is 0 Å². The normalized spacial score (nSPS) is 21.8. The van der Waals surface area contributed by atoms with Crippen LogP contribution in [0.5, 0.6) is 0 Å². The van der Waals surface area contributed by atoms with Crippen LogP contribution in [0.4, 0.5) is 0 Å². The SMILES string of the molecule is CC(C)CC(=O)N1CCCC1CS(C)(=O)=O. The molecule has 4 nitrogen and oxygen atoms in total. The van der Waals surface area contributed by atoms with E-state index in [1.54, 1.807) is 4.90 Å². The van der Waals surface area contributed by atoms with Crippen LogP contribution in [0, 0.1) is 5.92 Å². The van der Waals surface area contributed by atoms with Crippen LogP contribution in [-0.4, -0.2) is 43.8 Å². The molecule has 1 unspecified atom stereocenters. The van der Waals surface area contributed by atoms with E-state index >= 15 is 0 Å². The number of hydrogen-bond acceptors (Lipinski definition) is 3. The minimum atomic E-state index is -3.00. The Hall–Kier alpha value is -0.580. The average molecular weight is 247 g/mol. The van der Waals surface area contributed by atoms with Gasteiger partial charge in [-0.15, -0.1) is 0 Å². The Bertz CT molecular complexity index is 348. The molecule has 1 rings (SSSR count). The Morgan fingerprint density at radius 1 is 1.44 bits per heavy atom. The van der Waals surface area contributed by atoms with Gasteiger partial charge in [0.25, 0.3) is 0 Å². The molecule has 0 spiro atoms. The van der Waals surface area contributed by atoms with Gasteiger partial charge in [-0.2, -0.15) is 0 Å². The van der Waals surface area contributed by atoms with Gasteiger partial charge in [0.05, 0.1) is 5.75 Å². The first kappa shape index (κ1) is 13.5. The molecule has 5 heteroatoms. The number of carbonyl (C=O) groups excluding carboxylic acids is 1. The van der Waals surface area contributed by atoms with Gasteiger partial charge < -0.3 is 4.90 Å². The summed E-state index contributed by atoms with van der Waals surface area (Å²) >= 11 is 0. The summed E-state index contributed by atoms with van der Waals surface area (Å²) in [6.45, 7) is 4.71. The highest BCUT2D eigenvalue weighted by atomic mass is 32.2. The Morgan fingerprint density at radius 3 is 2.56 bits per heavy atom. The fourth-order valence-corrected chi connectivity index (χ4v) is 3.20. The van der Waals surface area contributed by atoms with E-state index in [1.807, 2.05) is 13.8 Å². The lowest BCUT2D eigenvalue weighted by Gasteiger charge is -2.24. The lowest BCUT2D eigenvalue weighted by atomic mass is 10.1. The second-order valence-electron chi connectivity index (χ2n) is 5.07. The molecule has 0 aliphatic carbocycles. The average Bonchev–Trinajstić information content (AvgIpc) is 2.47. The molecule has 1 heterocycles. The maximum atomic E-state index is 11.9. The molecule has 1 amide bonds. The lowest BCUT2D eigenvalue weighted by Crippen LogP contribution is -2.39. The fourth-order valence-electron chi connectivity index (χ4n) is 2.15. The van der Waals surface area contributed by atoms with Crippen LogP contribution in [0.2, 0.25) is 0 Å². The van der Waals surface area contributed by atoms with Crippen molar-refractivity contribution in [2.24, 2.45) is 5.92 Å². The van der Waals surface area contributed by atoms with Crippen molar-refractivity contribution in [2.75, 3.05) is 18.6 Å². The number of sulfone groups is 1. The summed E-state index contributed by atoms with van der Waals surface area (Å²) in [6.07, 6.45) is 3.48. The highest BCUT2D eigenvalue weighted by Crippen LogP contribution is 2.20. The molecule has 0 N–H and O–H groups in total. The summed E-state index contributed by atoms with van der Waals surface area (Å²) < 4.78 is 22.5. The van der Waals surface area contributed by atoms with Gasteiger partial charge in [0, 0.05) is 25.3 Å². The summed E-state index contributed by atoms with van der Waals surface area (Å²) in [4.78, 5) is 13.6. The summed E-state index contributed by atoms with van der Waals surface area (Å²) in [6, 6.07) is -0.0961. The van der Waals surface area contributed by atoms with Crippen molar-refractivity contribution in [3.8, 4) is 0 Å². The van der Waals surface area contributed by atoms with Gasteiger partial charge in [-0.3, -0.25) is 4.79 Å². The van der Waals surface area contributed by atoms with E-state index < -0.39 is 9.84 Å². The van der Waals surface area contributed by atoms with Crippen LogP contribution >= 0.6 is 0 Å². The van der Waals surface area contributed by atoms with Crippen molar-refractivity contribution >= 4 is 15.7 Å². The van der Waals surface area contributed by atoms with Crippen LogP contribution in [0.3, 0.4) is 0 Å². The molecule has 0 aromatic carbocycles. The van der Waals surface area contributed by atoms with E-state index in [-0.39, 0.29) is 17.7 Å². The molecule has 0 bridgehead atoms. The van der Waals surface area contributed by atoms with Crippen LogP contribution in [0.15, 0.2) is 0 Å². The second-order valence-corrected chi connectivity index (χ2v) is 7.26. The molecule has 1 saturated heterocycles. The van der Waals surface area contributed by atoms with Gasteiger partial charge in [0.2, 0.25) is 5.91 Å². The molecule has 16 heavy (non-hydrogen) atoms. The number of amides is 1. The predicted octanol–water partition coefficient (Wildman–Crippen LogP) is 1.07. The maximum Gasteiger partial charge on any atom is 0.223 e. The second kappa shape index (κ2) is 5.17. The fraction of sp³-hybridized carbons (Fsp3) is 0.909. The number of likely N-dealkylation sites (tertiary alicyclic amines) is 1. The molecule has 1 fully saturated rings. The molecule has 1 aliphatic heterocycles. The molecule has 1 aliphatic rings. The first-order valence-corrected chi connectivity index (χ1v) is 7.83. The van der Waals surface area contributed by atoms with E-state index in [9.17, 15) is 13.2 Å². The number of rotatable bonds is 4. The third kappa shape index (κ3) is 4.12. The number of hydrogen-bond donors (Lipinski definition) is 0. The first-order valence-electron chi connectivity index (χ1n) is 5.77. The zero-order valence-corrected chi connectivity index (χ0v) is 11.1. The topological polar surface area (TPSA) is 54.5 Å². The van der Waals surface area contributed by atoms with Crippen LogP contribution in [0.1, 0.15) is 33.1 Å². The van der Waals surface area contributed by atoms with E-state index in [4.69, 9.17) is 0 Å². The van der Waals surface area contributed by atoms with Gasteiger partial charge in [0.15, 0.2) is 0 Å². The van der Waals surface area contributed by atoms with E-state index in [1.165, 1.54) is 6.26 Å². The number of carbonyl (C=O) groups is 1.